The van der Waals surface area contributed by atoms with E-state index in [4.69, 9.17) is 9.47 Å². The molecule has 0 unspecified atom stereocenters. The van der Waals surface area contributed by atoms with E-state index in [-0.39, 0.29) is 22.3 Å². The molecular formula is C25H21NO7. The van der Waals surface area contributed by atoms with Crippen LogP contribution in [0, 0.1) is 0 Å². The van der Waals surface area contributed by atoms with Crippen LogP contribution in [0.5, 0.6) is 5.75 Å². The van der Waals surface area contributed by atoms with Crippen LogP contribution in [0.25, 0.3) is 16.7 Å². The molecule has 0 fully saturated rings. The highest BCUT2D eigenvalue weighted by Crippen LogP contribution is 2.38. The van der Waals surface area contributed by atoms with Crippen molar-refractivity contribution in [2.45, 2.75) is 12.3 Å². The molecule has 0 bridgehead atoms. The maximum Gasteiger partial charge on any atom is 0.306 e. The number of aliphatic hydroxyl groups is 1. The molecule has 0 saturated carbocycles. The molecule has 0 saturated heterocycles. The summed E-state index contributed by atoms with van der Waals surface area (Å²) in [5.74, 6) is -3.53. The molecule has 0 amide bonds. The lowest BCUT2D eigenvalue weighted by molar-refractivity contribution is -0.140. The molecule has 8 nitrogen and oxygen atoms in total. The molecule has 1 aliphatic rings. The Labute approximate surface area is 188 Å². The highest BCUT2D eigenvalue weighted by Gasteiger charge is 2.39. The lowest BCUT2D eigenvalue weighted by Gasteiger charge is -2.24. The van der Waals surface area contributed by atoms with Crippen LogP contribution in [0.15, 0.2) is 58.9 Å². The number of ether oxygens (including phenoxy) is 2. The topological polar surface area (TPSA) is 112 Å². The third kappa shape index (κ3) is 3.59. The van der Waals surface area contributed by atoms with Gasteiger partial charge >= 0.3 is 5.97 Å². The number of carbonyl (C=O) groups excluding carboxylic acids is 3. The van der Waals surface area contributed by atoms with Crippen molar-refractivity contribution in [2.75, 3.05) is 14.2 Å². The first-order valence-electron chi connectivity index (χ1n) is 10.1. The zero-order chi connectivity index (χ0) is 23.9. The number of pyridine rings is 1. The Morgan fingerprint density at radius 3 is 2.36 bits per heavy atom. The van der Waals surface area contributed by atoms with Gasteiger partial charge in [0.2, 0.25) is 11.6 Å². The van der Waals surface area contributed by atoms with E-state index in [1.54, 1.807) is 43.4 Å². The third-order valence-electron chi connectivity index (χ3n) is 5.92. The number of aliphatic hydroxyl groups excluding tert-OH is 1. The Balaban J connectivity index is 2.00. The number of ketones is 2. The maximum atomic E-state index is 13.3. The Kier molecular flexibility index (Phi) is 5.59. The fourth-order valence-corrected chi connectivity index (χ4v) is 4.17. The van der Waals surface area contributed by atoms with Crippen LogP contribution in [-0.4, -0.2) is 41.4 Å². The van der Waals surface area contributed by atoms with E-state index < -0.39 is 41.2 Å². The Morgan fingerprint density at radius 1 is 1.00 bits per heavy atom. The molecule has 2 aromatic carbocycles. The highest BCUT2D eigenvalue weighted by molar-refractivity contribution is 6.52. The van der Waals surface area contributed by atoms with Crippen LogP contribution in [0.2, 0.25) is 0 Å². The molecule has 1 atom stereocenters. The number of methoxy groups -OCH3 is 2. The predicted molar refractivity (Wildman–Crippen MR) is 120 cm³/mol. The molecule has 168 valence electrons. The maximum absolute atomic E-state index is 13.3. The van der Waals surface area contributed by atoms with Gasteiger partial charge in [0.1, 0.15) is 11.5 Å². The number of rotatable bonds is 5. The van der Waals surface area contributed by atoms with Crippen LogP contribution in [-0.2, 0) is 21.4 Å². The normalized spacial score (nSPS) is 14.3. The van der Waals surface area contributed by atoms with Gasteiger partial charge in [-0.05, 0) is 23.6 Å². The monoisotopic (exact) mass is 447 g/mol. The van der Waals surface area contributed by atoms with Crippen molar-refractivity contribution >= 4 is 34.2 Å². The minimum Gasteiger partial charge on any atom is -0.507 e. The Bertz CT molecular complexity index is 1410. The van der Waals surface area contributed by atoms with Gasteiger partial charge in [0.05, 0.1) is 31.7 Å². The zero-order valence-electron chi connectivity index (χ0n) is 18.2. The zero-order valence-corrected chi connectivity index (χ0v) is 18.2. The number of hydrogen-bond donors (Lipinski definition) is 1. The summed E-state index contributed by atoms with van der Waals surface area (Å²) in [5.41, 5.74) is 0.128. The molecule has 4 rings (SSSR count). The minimum atomic E-state index is -1.19. The van der Waals surface area contributed by atoms with E-state index in [2.05, 4.69) is 0 Å². The van der Waals surface area contributed by atoms with E-state index in [0.717, 1.165) is 0 Å². The van der Waals surface area contributed by atoms with Crippen molar-refractivity contribution in [3.63, 3.8) is 0 Å². The molecule has 1 N–H and O–H groups in total. The van der Waals surface area contributed by atoms with Crippen molar-refractivity contribution < 1.29 is 29.0 Å². The summed E-state index contributed by atoms with van der Waals surface area (Å²) in [6.07, 6.45) is -0.409. The number of fused-ring (bicyclic) bond motifs is 2. The molecule has 1 heterocycles. The number of hydrogen-bond acceptors (Lipinski definition) is 7. The van der Waals surface area contributed by atoms with E-state index in [1.165, 1.54) is 30.9 Å². The Hall–Kier alpha value is -4.20. The lowest BCUT2D eigenvalue weighted by Crippen LogP contribution is -2.32. The summed E-state index contributed by atoms with van der Waals surface area (Å²) in [4.78, 5) is 51.5. The summed E-state index contributed by atoms with van der Waals surface area (Å²) in [7, 11) is 4.25. The summed E-state index contributed by atoms with van der Waals surface area (Å²) in [6, 6.07) is 12.9. The molecule has 0 radical (unpaired) electrons. The summed E-state index contributed by atoms with van der Waals surface area (Å²) < 4.78 is 11.4. The van der Waals surface area contributed by atoms with E-state index >= 15 is 0 Å². The first-order valence-corrected chi connectivity index (χ1v) is 10.1. The van der Waals surface area contributed by atoms with Crippen LogP contribution in [0.3, 0.4) is 0 Å². The average molecular weight is 447 g/mol. The summed E-state index contributed by atoms with van der Waals surface area (Å²) in [5, 5.41) is 11.6. The fraction of sp³-hybridized carbons (Fsp3) is 0.200. The molecule has 0 spiro atoms. The standard InChI is InChI=1S/C25H21NO7/c1-26-19-11-14(32-2)9-8-13(19)10-18(25(26)31)17(12-20(27)33-3)21-22(28)15-6-4-5-7-16(15)23(29)24(21)30/h4-11,17,28H,12H2,1-3H3/t17-/m0/s1. The number of Topliss-reactive ketones (excluding diaryl/α,β-unsaturated/α-hetero) is 2. The van der Waals surface area contributed by atoms with Gasteiger partial charge < -0.3 is 19.1 Å². The SMILES string of the molecule is COC(=O)C[C@H](C1=C(O)c2ccccc2C(=O)C1=O)c1cc2ccc(OC)cc2n(C)c1=O. The van der Waals surface area contributed by atoms with Gasteiger partial charge in [0, 0.05) is 35.7 Å². The quantitative estimate of drug-likeness (QED) is 0.473. The largest absolute Gasteiger partial charge is 0.507 e. The van der Waals surface area contributed by atoms with Crippen molar-refractivity contribution in [3.05, 3.63) is 81.1 Å². The van der Waals surface area contributed by atoms with Gasteiger partial charge in [0.25, 0.3) is 5.56 Å². The fourth-order valence-electron chi connectivity index (χ4n) is 4.17. The molecule has 8 heteroatoms. The van der Waals surface area contributed by atoms with Crippen LogP contribution in [0.1, 0.15) is 33.8 Å². The van der Waals surface area contributed by atoms with Crippen molar-refractivity contribution in [3.8, 4) is 5.75 Å². The van der Waals surface area contributed by atoms with Gasteiger partial charge in [-0.25, -0.2) is 0 Å². The predicted octanol–water partition coefficient (Wildman–Crippen LogP) is 2.93. The van der Waals surface area contributed by atoms with E-state index in [1.807, 2.05) is 0 Å². The number of nitrogens with zero attached hydrogens (tertiary/aromatic N) is 1. The van der Waals surface area contributed by atoms with Crippen molar-refractivity contribution in [1.82, 2.24) is 4.57 Å². The number of benzene rings is 2. The second kappa shape index (κ2) is 8.38. The second-order valence-corrected chi connectivity index (χ2v) is 7.69. The molecular weight excluding hydrogens is 426 g/mol. The summed E-state index contributed by atoms with van der Waals surface area (Å²) in [6.45, 7) is 0. The van der Waals surface area contributed by atoms with Crippen LogP contribution < -0.4 is 10.3 Å². The van der Waals surface area contributed by atoms with Crippen molar-refractivity contribution in [1.29, 1.82) is 0 Å². The van der Waals surface area contributed by atoms with Crippen molar-refractivity contribution in [2.24, 2.45) is 7.05 Å². The second-order valence-electron chi connectivity index (χ2n) is 7.69. The molecule has 33 heavy (non-hydrogen) atoms. The molecule has 1 aliphatic carbocycles. The van der Waals surface area contributed by atoms with E-state index in [9.17, 15) is 24.3 Å². The smallest absolute Gasteiger partial charge is 0.306 e. The van der Waals surface area contributed by atoms with Gasteiger partial charge in [-0.15, -0.1) is 0 Å². The number of carbonyl (C=O) groups is 3. The molecule has 3 aromatic rings. The number of aryl methyl sites for hydroxylation is 1. The third-order valence-corrected chi connectivity index (χ3v) is 5.92. The minimum absolute atomic E-state index is 0.0686. The van der Waals surface area contributed by atoms with Gasteiger partial charge in [0.15, 0.2) is 0 Å². The van der Waals surface area contributed by atoms with Gasteiger partial charge in [-0.1, -0.05) is 24.3 Å². The van der Waals surface area contributed by atoms with Crippen LogP contribution in [0.4, 0.5) is 0 Å². The Morgan fingerprint density at radius 2 is 1.70 bits per heavy atom. The van der Waals surface area contributed by atoms with E-state index in [0.29, 0.717) is 16.7 Å². The van der Waals surface area contributed by atoms with Gasteiger partial charge in [-0.3, -0.25) is 19.2 Å². The first-order chi connectivity index (χ1) is 15.8. The number of aromatic nitrogens is 1. The molecule has 1 aromatic heterocycles. The highest BCUT2D eigenvalue weighted by atomic mass is 16.5. The summed E-state index contributed by atoms with van der Waals surface area (Å²) >= 11 is 0. The first kappa shape index (κ1) is 22.0. The lowest BCUT2D eigenvalue weighted by atomic mass is 9.78. The molecule has 0 aliphatic heterocycles. The number of allylic oxidation sites excluding steroid dienone is 1. The van der Waals surface area contributed by atoms with Gasteiger partial charge in [-0.2, -0.15) is 0 Å². The number of esters is 1. The van der Waals surface area contributed by atoms with Crippen LogP contribution >= 0.6 is 0 Å². The average Bonchev–Trinajstić information content (AvgIpc) is 2.84.